The highest BCUT2D eigenvalue weighted by molar-refractivity contribution is 5.85. The minimum absolute atomic E-state index is 0. The topological polar surface area (TPSA) is 44.5 Å². The Hall–Kier alpha value is -0.930. The van der Waals surface area contributed by atoms with Crippen molar-refractivity contribution in [1.82, 2.24) is 0 Å². The van der Waals surface area contributed by atoms with Crippen molar-refractivity contribution < 1.29 is 9.47 Å². The minimum Gasteiger partial charge on any atom is -0.493 e. The van der Waals surface area contributed by atoms with Gasteiger partial charge in [0.1, 0.15) is 0 Å². The van der Waals surface area contributed by atoms with Crippen LogP contribution in [-0.4, -0.2) is 13.7 Å². The fourth-order valence-corrected chi connectivity index (χ4v) is 1.75. The lowest BCUT2D eigenvalue weighted by atomic mass is 9.93. The van der Waals surface area contributed by atoms with Gasteiger partial charge < -0.3 is 15.2 Å². The molecule has 2 atom stereocenters. The predicted molar refractivity (Wildman–Crippen MR) is 77.8 cm³/mol. The average Bonchev–Trinajstić information content (AvgIpc) is 2.37. The summed E-state index contributed by atoms with van der Waals surface area (Å²) in [5, 5.41) is 0. The second kappa shape index (κ2) is 8.22. The molecule has 0 aliphatic carbocycles. The van der Waals surface area contributed by atoms with E-state index in [2.05, 4.69) is 13.8 Å². The second-order valence-electron chi connectivity index (χ2n) is 4.25. The van der Waals surface area contributed by atoms with Crippen molar-refractivity contribution in [2.45, 2.75) is 33.2 Å². The molecule has 0 heterocycles. The van der Waals surface area contributed by atoms with Gasteiger partial charge in [0.25, 0.3) is 0 Å². The molecule has 0 amide bonds. The zero-order valence-electron chi connectivity index (χ0n) is 11.6. The van der Waals surface area contributed by atoms with Crippen LogP contribution >= 0.6 is 12.4 Å². The lowest BCUT2D eigenvalue weighted by molar-refractivity contribution is 0.309. The quantitative estimate of drug-likeness (QED) is 0.862. The normalized spacial score (nSPS) is 13.4. The first-order valence-electron chi connectivity index (χ1n) is 6.20. The summed E-state index contributed by atoms with van der Waals surface area (Å²) in [7, 11) is 1.64. The van der Waals surface area contributed by atoms with E-state index in [1.807, 2.05) is 25.1 Å². The van der Waals surface area contributed by atoms with Crippen LogP contribution in [0.1, 0.15) is 38.8 Å². The van der Waals surface area contributed by atoms with E-state index in [9.17, 15) is 0 Å². The van der Waals surface area contributed by atoms with Crippen LogP contribution in [0.4, 0.5) is 0 Å². The van der Waals surface area contributed by atoms with E-state index in [1.54, 1.807) is 7.11 Å². The van der Waals surface area contributed by atoms with Crippen LogP contribution in [0.5, 0.6) is 11.5 Å². The number of methoxy groups -OCH3 is 1. The predicted octanol–water partition coefficient (Wildman–Crippen LogP) is 3.56. The summed E-state index contributed by atoms with van der Waals surface area (Å²) in [6.07, 6.45) is 1.07. The number of ether oxygens (including phenoxy) is 2. The number of hydrogen-bond donors (Lipinski definition) is 1. The van der Waals surface area contributed by atoms with Gasteiger partial charge in [0, 0.05) is 6.04 Å². The molecular weight excluding hydrogens is 250 g/mol. The summed E-state index contributed by atoms with van der Waals surface area (Å²) >= 11 is 0. The number of benzene rings is 1. The van der Waals surface area contributed by atoms with E-state index < -0.39 is 0 Å². The fraction of sp³-hybridized carbons (Fsp3) is 0.571. The second-order valence-corrected chi connectivity index (χ2v) is 4.25. The van der Waals surface area contributed by atoms with Crippen molar-refractivity contribution in [2.24, 2.45) is 11.7 Å². The average molecular weight is 274 g/mol. The molecule has 0 bridgehead atoms. The van der Waals surface area contributed by atoms with Gasteiger partial charge in [-0.3, -0.25) is 0 Å². The third-order valence-electron chi connectivity index (χ3n) is 3.13. The molecule has 1 aromatic rings. The largest absolute Gasteiger partial charge is 0.493 e. The number of hydrogen-bond acceptors (Lipinski definition) is 3. The van der Waals surface area contributed by atoms with E-state index in [4.69, 9.17) is 15.2 Å². The first-order valence-corrected chi connectivity index (χ1v) is 6.20. The molecule has 0 aromatic heterocycles. The highest BCUT2D eigenvalue weighted by atomic mass is 35.5. The highest BCUT2D eigenvalue weighted by Crippen LogP contribution is 2.32. The van der Waals surface area contributed by atoms with Gasteiger partial charge in [-0.2, -0.15) is 0 Å². The maximum Gasteiger partial charge on any atom is 0.161 e. The van der Waals surface area contributed by atoms with Gasteiger partial charge in [0.15, 0.2) is 11.5 Å². The van der Waals surface area contributed by atoms with Crippen molar-refractivity contribution >= 4 is 12.4 Å². The molecule has 104 valence electrons. The first kappa shape index (κ1) is 17.1. The molecule has 3 nitrogen and oxygen atoms in total. The van der Waals surface area contributed by atoms with Crippen LogP contribution in [0.15, 0.2) is 18.2 Å². The monoisotopic (exact) mass is 273 g/mol. The summed E-state index contributed by atoms with van der Waals surface area (Å²) in [4.78, 5) is 0. The Bertz CT molecular complexity index is 358. The van der Waals surface area contributed by atoms with E-state index in [0.717, 1.165) is 23.5 Å². The summed E-state index contributed by atoms with van der Waals surface area (Å²) in [6.45, 7) is 6.89. The van der Waals surface area contributed by atoms with Crippen molar-refractivity contribution in [3.05, 3.63) is 23.8 Å². The molecule has 0 aliphatic rings. The number of nitrogens with two attached hydrogens (primary N) is 1. The zero-order valence-corrected chi connectivity index (χ0v) is 12.4. The van der Waals surface area contributed by atoms with E-state index in [0.29, 0.717) is 12.5 Å². The molecule has 0 saturated carbocycles. The van der Waals surface area contributed by atoms with Crippen molar-refractivity contribution in [3.63, 3.8) is 0 Å². The van der Waals surface area contributed by atoms with Crippen LogP contribution in [0.25, 0.3) is 0 Å². The Kier molecular flexibility index (Phi) is 7.80. The first-order chi connectivity index (χ1) is 8.13. The summed E-state index contributed by atoms with van der Waals surface area (Å²) < 4.78 is 10.8. The van der Waals surface area contributed by atoms with Crippen molar-refractivity contribution in [1.29, 1.82) is 0 Å². The van der Waals surface area contributed by atoms with Gasteiger partial charge in [-0.1, -0.05) is 26.3 Å². The number of rotatable bonds is 6. The highest BCUT2D eigenvalue weighted by Gasteiger charge is 2.15. The number of halogens is 1. The molecule has 18 heavy (non-hydrogen) atoms. The van der Waals surface area contributed by atoms with Crippen LogP contribution < -0.4 is 15.2 Å². The molecule has 0 spiro atoms. The molecule has 1 unspecified atom stereocenters. The lowest BCUT2D eigenvalue weighted by Gasteiger charge is -2.20. The van der Waals surface area contributed by atoms with Crippen molar-refractivity contribution in [3.8, 4) is 11.5 Å². The van der Waals surface area contributed by atoms with Crippen LogP contribution in [0, 0.1) is 5.92 Å². The molecular formula is C14H24ClNO2. The Morgan fingerprint density at radius 2 is 1.89 bits per heavy atom. The molecule has 0 fully saturated rings. The van der Waals surface area contributed by atoms with Crippen LogP contribution in [0.2, 0.25) is 0 Å². The van der Waals surface area contributed by atoms with Gasteiger partial charge in [-0.25, -0.2) is 0 Å². The molecule has 4 heteroatoms. The molecule has 0 saturated heterocycles. The Labute approximate surface area is 116 Å². The molecule has 2 N–H and O–H groups in total. The summed E-state index contributed by atoms with van der Waals surface area (Å²) in [6, 6.07) is 5.96. The summed E-state index contributed by atoms with van der Waals surface area (Å²) in [5.41, 5.74) is 7.31. The van der Waals surface area contributed by atoms with E-state index in [-0.39, 0.29) is 18.4 Å². The lowest BCUT2D eigenvalue weighted by Crippen LogP contribution is -2.18. The van der Waals surface area contributed by atoms with Gasteiger partial charge in [-0.05, 0) is 30.5 Å². The smallest absolute Gasteiger partial charge is 0.161 e. The van der Waals surface area contributed by atoms with E-state index in [1.165, 1.54) is 0 Å². The van der Waals surface area contributed by atoms with E-state index >= 15 is 0 Å². The van der Waals surface area contributed by atoms with Gasteiger partial charge >= 0.3 is 0 Å². The molecule has 0 radical (unpaired) electrons. The Balaban J connectivity index is 0.00000289. The maximum atomic E-state index is 6.21. The third-order valence-corrected chi connectivity index (χ3v) is 3.13. The van der Waals surface area contributed by atoms with Gasteiger partial charge in [0.05, 0.1) is 13.7 Å². The summed E-state index contributed by atoms with van der Waals surface area (Å²) in [5.74, 6) is 1.98. The fourth-order valence-electron chi connectivity index (χ4n) is 1.75. The van der Waals surface area contributed by atoms with Crippen LogP contribution in [0.3, 0.4) is 0 Å². The molecule has 1 rings (SSSR count). The maximum absolute atomic E-state index is 6.21. The zero-order chi connectivity index (χ0) is 12.8. The van der Waals surface area contributed by atoms with Crippen molar-refractivity contribution in [2.75, 3.05) is 13.7 Å². The Morgan fingerprint density at radius 3 is 2.39 bits per heavy atom. The van der Waals surface area contributed by atoms with Gasteiger partial charge in [0.2, 0.25) is 0 Å². The molecule has 1 aromatic carbocycles. The minimum atomic E-state index is 0. The molecule has 0 aliphatic heterocycles. The SMILES string of the molecule is CCOc1cc([C@H](N)C(C)CC)ccc1OC.Cl. The van der Waals surface area contributed by atoms with Crippen LogP contribution in [-0.2, 0) is 0 Å². The van der Waals surface area contributed by atoms with Gasteiger partial charge in [-0.15, -0.1) is 12.4 Å². The third kappa shape index (κ3) is 4.07. The Morgan fingerprint density at radius 1 is 1.22 bits per heavy atom. The standard InChI is InChI=1S/C14H23NO2.ClH/c1-5-10(3)14(15)11-7-8-12(16-4)13(9-11)17-6-2;/h7-10,14H,5-6,15H2,1-4H3;1H/t10?,14-;/m1./s1.